The third kappa shape index (κ3) is 5.37. The van der Waals surface area contributed by atoms with Crippen LogP contribution in [0.1, 0.15) is 51.8 Å². The summed E-state index contributed by atoms with van der Waals surface area (Å²) in [6.45, 7) is 10.4. The van der Waals surface area contributed by atoms with Gasteiger partial charge >= 0.3 is 6.09 Å². The van der Waals surface area contributed by atoms with Crippen molar-refractivity contribution in [3.63, 3.8) is 0 Å². The third-order valence-corrected chi connectivity index (χ3v) is 4.76. The monoisotopic (exact) mass is 397 g/mol. The van der Waals surface area contributed by atoms with E-state index in [4.69, 9.17) is 14.2 Å². The minimum atomic E-state index is -0.590. The van der Waals surface area contributed by atoms with Gasteiger partial charge in [-0.3, -0.25) is 4.90 Å². The van der Waals surface area contributed by atoms with Crippen molar-refractivity contribution in [2.24, 2.45) is 0 Å². The lowest BCUT2D eigenvalue weighted by molar-refractivity contribution is -0.108. The number of nitrogens with zero attached hydrogens (tertiary/aromatic N) is 1. The molecule has 0 aliphatic carbocycles. The summed E-state index contributed by atoms with van der Waals surface area (Å²) in [4.78, 5) is 14.7. The molecular weight excluding hydrogens is 366 g/mol. The van der Waals surface area contributed by atoms with Crippen LogP contribution in [0.3, 0.4) is 0 Å². The Labute approximate surface area is 173 Å². The molecule has 5 nitrogen and oxygen atoms in total. The molecular formula is C24H31NO4. The summed E-state index contributed by atoms with van der Waals surface area (Å²) < 4.78 is 18.1. The zero-order valence-corrected chi connectivity index (χ0v) is 17.9. The highest BCUT2D eigenvalue weighted by molar-refractivity contribution is 5.70. The lowest BCUT2D eigenvalue weighted by Crippen LogP contribution is -2.52. The molecule has 0 aromatic heterocycles. The van der Waals surface area contributed by atoms with Crippen molar-refractivity contribution in [2.45, 2.75) is 64.7 Å². The van der Waals surface area contributed by atoms with Gasteiger partial charge < -0.3 is 14.2 Å². The summed E-state index contributed by atoms with van der Waals surface area (Å²) in [7, 11) is 0. The summed E-state index contributed by atoms with van der Waals surface area (Å²) in [6.07, 6.45) is -1.41. The number of carbonyl (C=O) groups excluding carboxylic acids is 1. The molecule has 0 spiro atoms. The topological polar surface area (TPSA) is 48.0 Å². The van der Waals surface area contributed by atoms with E-state index in [1.165, 1.54) is 0 Å². The molecule has 1 fully saturated rings. The minimum absolute atomic E-state index is 0.394. The zero-order chi connectivity index (χ0) is 21.1. The molecule has 29 heavy (non-hydrogen) atoms. The van der Waals surface area contributed by atoms with Crippen LogP contribution >= 0.6 is 0 Å². The average Bonchev–Trinajstić information content (AvgIpc) is 2.97. The Morgan fingerprint density at radius 2 is 1.69 bits per heavy atom. The van der Waals surface area contributed by atoms with Gasteiger partial charge in [0.1, 0.15) is 11.7 Å². The summed E-state index contributed by atoms with van der Waals surface area (Å²) in [5, 5.41) is 0. The van der Waals surface area contributed by atoms with E-state index < -0.39 is 29.6 Å². The highest BCUT2D eigenvalue weighted by atomic mass is 16.6. The molecule has 0 radical (unpaired) electrons. The maximum Gasteiger partial charge on any atom is 0.412 e. The van der Waals surface area contributed by atoms with Gasteiger partial charge in [-0.2, -0.15) is 0 Å². The van der Waals surface area contributed by atoms with Crippen molar-refractivity contribution < 1.29 is 19.0 Å². The first kappa shape index (κ1) is 21.3. The van der Waals surface area contributed by atoms with Crippen LogP contribution in [0.4, 0.5) is 4.79 Å². The lowest BCUT2D eigenvalue weighted by atomic mass is 10.0. The van der Waals surface area contributed by atoms with Crippen molar-refractivity contribution in [3.05, 3.63) is 71.8 Å². The highest BCUT2D eigenvalue weighted by Gasteiger charge is 2.49. The Hall–Kier alpha value is -2.37. The molecule has 2 aromatic rings. The minimum Gasteiger partial charge on any atom is -0.444 e. The molecule has 1 saturated heterocycles. The quantitative estimate of drug-likeness (QED) is 0.685. The number of carbonyl (C=O) groups is 1. The van der Waals surface area contributed by atoms with Crippen LogP contribution in [-0.4, -0.2) is 35.0 Å². The van der Waals surface area contributed by atoms with Gasteiger partial charge in [0.15, 0.2) is 6.23 Å². The molecule has 0 unspecified atom stereocenters. The largest absolute Gasteiger partial charge is 0.444 e. The number of benzene rings is 2. The van der Waals surface area contributed by atoms with Crippen LogP contribution in [0, 0.1) is 0 Å². The Morgan fingerprint density at radius 1 is 1.10 bits per heavy atom. The SMILES string of the molecule is CC(C)(C)OC(=O)N1[C@@H]([C@H](OCc2ccccc2)c2ccccc2)OCC1(C)C. The van der Waals surface area contributed by atoms with Gasteiger partial charge in [-0.05, 0) is 45.7 Å². The average molecular weight is 398 g/mol. The summed E-state index contributed by atoms with van der Waals surface area (Å²) in [5.74, 6) is 0. The molecule has 1 aliphatic rings. The maximum absolute atomic E-state index is 13.1. The summed E-state index contributed by atoms with van der Waals surface area (Å²) in [5.41, 5.74) is 0.929. The van der Waals surface area contributed by atoms with E-state index in [0.717, 1.165) is 11.1 Å². The fourth-order valence-electron chi connectivity index (χ4n) is 3.41. The molecule has 1 heterocycles. The number of hydrogen-bond donors (Lipinski definition) is 0. The molecule has 2 atom stereocenters. The second-order valence-corrected chi connectivity index (χ2v) is 8.99. The number of amides is 1. The molecule has 1 aliphatic heterocycles. The molecule has 0 bridgehead atoms. The Morgan fingerprint density at radius 3 is 2.28 bits per heavy atom. The fraction of sp³-hybridized carbons (Fsp3) is 0.458. The smallest absolute Gasteiger partial charge is 0.412 e. The number of rotatable bonds is 5. The van der Waals surface area contributed by atoms with Gasteiger partial charge in [0, 0.05) is 0 Å². The van der Waals surface area contributed by atoms with E-state index >= 15 is 0 Å². The second-order valence-electron chi connectivity index (χ2n) is 8.99. The molecule has 5 heteroatoms. The predicted molar refractivity (Wildman–Crippen MR) is 112 cm³/mol. The van der Waals surface area contributed by atoms with E-state index in [9.17, 15) is 4.79 Å². The van der Waals surface area contributed by atoms with Crippen molar-refractivity contribution >= 4 is 6.09 Å². The second kappa shape index (κ2) is 8.56. The van der Waals surface area contributed by atoms with Crippen LogP contribution in [0.25, 0.3) is 0 Å². The molecule has 156 valence electrons. The number of hydrogen-bond acceptors (Lipinski definition) is 4. The van der Waals surface area contributed by atoms with Crippen LogP contribution in [0.15, 0.2) is 60.7 Å². The van der Waals surface area contributed by atoms with Gasteiger partial charge in [0.05, 0.1) is 18.8 Å². The summed E-state index contributed by atoms with van der Waals surface area (Å²) >= 11 is 0. The molecule has 1 amide bonds. The van der Waals surface area contributed by atoms with E-state index in [1.807, 2.05) is 95.3 Å². The summed E-state index contributed by atoms with van der Waals surface area (Å²) in [6, 6.07) is 19.9. The zero-order valence-electron chi connectivity index (χ0n) is 17.9. The van der Waals surface area contributed by atoms with Crippen molar-refractivity contribution in [1.82, 2.24) is 4.90 Å². The normalized spacial score (nSPS) is 19.8. The number of ether oxygens (including phenoxy) is 3. The molecule has 0 saturated carbocycles. The Kier molecular flexibility index (Phi) is 6.30. The Bertz CT molecular complexity index is 799. The van der Waals surface area contributed by atoms with Gasteiger partial charge in [-0.1, -0.05) is 60.7 Å². The van der Waals surface area contributed by atoms with Crippen molar-refractivity contribution in [3.8, 4) is 0 Å². The van der Waals surface area contributed by atoms with E-state index in [-0.39, 0.29) is 0 Å². The van der Waals surface area contributed by atoms with E-state index in [1.54, 1.807) is 4.90 Å². The van der Waals surface area contributed by atoms with Crippen LogP contribution in [0.2, 0.25) is 0 Å². The first-order valence-electron chi connectivity index (χ1n) is 10.0. The van der Waals surface area contributed by atoms with Crippen molar-refractivity contribution in [2.75, 3.05) is 6.61 Å². The molecule has 3 rings (SSSR count). The Balaban J connectivity index is 1.89. The van der Waals surface area contributed by atoms with Crippen LogP contribution in [-0.2, 0) is 20.8 Å². The fourth-order valence-corrected chi connectivity index (χ4v) is 3.41. The van der Waals surface area contributed by atoms with Gasteiger partial charge in [0.25, 0.3) is 0 Å². The van der Waals surface area contributed by atoms with E-state index in [0.29, 0.717) is 13.2 Å². The highest BCUT2D eigenvalue weighted by Crippen LogP contribution is 2.37. The van der Waals surface area contributed by atoms with Gasteiger partial charge in [-0.15, -0.1) is 0 Å². The van der Waals surface area contributed by atoms with Gasteiger partial charge in [0.2, 0.25) is 0 Å². The van der Waals surface area contributed by atoms with Crippen LogP contribution < -0.4 is 0 Å². The first-order chi connectivity index (χ1) is 13.7. The predicted octanol–water partition coefficient (Wildman–Crippen LogP) is 5.32. The standard InChI is InChI=1S/C24H31NO4/c1-23(2,3)29-22(26)25-21(28-17-24(25,4)5)20(19-14-10-7-11-15-19)27-16-18-12-8-6-9-13-18/h6-15,20-21H,16-17H2,1-5H3/t20-,21-/m1/s1. The first-order valence-corrected chi connectivity index (χ1v) is 10.0. The maximum atomic E-state index is 13.1. The molecule has 2 aromatic carbocycles. The lowest BCUT2D eigenvalue weighted by Gasteiger charge is -2.37. The molecule has 0 N–H and O–H groups in total. The van der Waals surface area contributed by atoms with Gasteiger partial charge in [-0.25, -0.2) is 4.79 Å². The third-order valence-electron chi connectivity index (χ3n) is 4.76. The van der Waals surface area contributed by atoms with E-state index in [2.05, 4.69) is 0 Å². The van der Waals surface area contributed by atoms with Crippen molar-refractivity contribution in [1.29, 1.82) is 0 Å². The van der Waals surface area contributed by atoms with Crippen LogP contribution in [0.5, 0.6) is 0 Å².